The fourth-order valence-corrected chi connectivity index (χ4v) is 2.03. The molecule has 2 N–H and O–H groups in total. The van der Waals surface area contributed by atoms with Gasteiger partial charge in [0, 0.05) is 12.5 Å². The van der Waals surface area contributed by atoms with E-state index in [0.717, 1.165) is 25.0 Å². The van der Waals surface area contributed by atoms with Gasteiger partial charge in [0.15, 0.2) is 0 Å². The quantitative estimate of drug-likeness (QED) is 0.797. The summed E-state index contributed by atoms with van der Waals surface area (Å²) in [5.41, 5.74) is 8.40. The number of hydrogen-bond donors (Lipinski definition) is 1. The van der Waals surface area contributed by atoms with Crippen LogP contribution in [0.3, 0.4) is 0 Å². The van der Waals surface area contributed by atoms with Crippen LogP contribution in [0.25, 0.3) is 0 Å². The summed E-state index contributed by atoms with van der Waals surface area (Å²) in [5.74, 6) is 0.578. The SMILES string of the molecule is CC(C)C(C)n1nnc2c1CC(N)CC2. The second kappa shape index (κ2) is 3.93. The van der Waals surface area contributed by atoms with Gasteiger partial charge < -0.3 is 5.73 Å². The van der Waals surface area contributed by atoms with Crippen LogP contribution in [0.1, 0.15) is 44.6 Å². The summed E-state index contributed by atoms with van der Waals surface area (Å²) in [7, 11) is 0. The molecule has 0 aromatic carbocycles. The fraction of sp³-hybridized carbons (Fsp3) is 0.818. The summed E-state index contributed by atoms with van der Waals surface area (Å²) in [6, 6.07) is 0.695. The maximum absolute atomic E-state index is 5.99. The molecule has 1 aliphatic rings. The van der Waals surface area contributed by atoms with E-state index >= 15 is 0 Å². The Labute approximate surface area is 90.8 Å². The topological polar surface area (TPSA) is 56.7 Å². The number of rotatable bonds is 2. The van der Waals surface area contributed by atoms with Crippen molar-refractivity contribution in [1.82, 2.24) is 15.0 Å². The number of fused-ring (bicyclic) bond motifs is 1. The van der Waals surface area contributed by atoms with E-state index in [-0.39, 0.29) is 6.04 Å². The van der Waals surface area contributed by atoms with Gasteiger partial charge in [-0.25, -0.2) is 4.68 Å². The van der Waals surface area contributed by atoms with E-state index < -0.39 is 0 Å². The smallest absolute Gasteiger partial charge is 0.0860 e. The molecule has 0 amide bonds. The van der Waals surface area contributed by atoms with E-state index in [0.29, 0.717) is 12.0 Å². The summed E-state index contributed by atoms with van der Waals surface area (Å²) < 4.78 is 2.07. The van der Waals surface area contributed by atoms with Gasteiger partial charge in [-0.2, -0.15) is 0 Å². The summed E-state index contributed by atoms with van der Waals surface area (Å²) >= 11 is 0. The van der Waals surface area contributed by atoms with Crippen molar-refractivity contribution in [1.29, 1.82) is 0 Å². The Kier molecular flexibility index (Phi) is 2.78. The second-order valence-electron chi connectivity index (χ2n) is 4.91. The molecule has 1 aliphatic carbocycles. The highest BCUT2D eigenvalue weighted by Crippen LogP contribution is 2.24. The molecule has 2 rings (SSSR count). The lowest BCUT2D eigenvalue weighted by atomic mass is 9.95. The molecule has 0 saturated carbocycles. The van der Waals surface area contributed by atoms with E-state index in [1.54, 1.807) is 0 Å². The average Bonchev–Trinajstić information content (AvgIpc) is 2.59. The van der Waals surface area contributed by atoms with Crippen molar-refractivity contribution in [3.63, 3.8) is 0 Å². The lowest BCUT2D eigenvalue weighted by Gasteiger charge is -2.22. The van der Waals surface area contributed by atoms with E-state index in [2.05, 4.69) is 35.8 Å². The lowest BCUT2D eigenvalue weighted by molar-refractivity contribution is 0.353. The summed E-state index contributed by atoms with van der Waals surface area (Å²) in [6.07, 6.45) is 2.96. The monoisotopic (exact) mass is 208 g/mol. The molecule has 15 heavy (non-hydrogen) atoms. The Morgan fingerprint density at radius 3 is 2.80 bits per heavy atom. The van der Waals surface area contributed by atoms with E-state index in [1.807, 2.05) is 0 Å². The number of nitrogens with zero attached hydrogens (tertiary/aromatic N) is 3. The Bertz CT molecular complexity index is 342. The first-order chi connectivity index (χ1) is 7.09. The first kappa shape index (κ1) is 10.6. The molecule has 1 heterocycles. The highest BCUT2D eigenvalue weighted by Gasteiger charge is 2.24. The Balaban J connectivity index is 2.30. The standard InChI is InChI=1S/C11H20N4/c1-7(2)8(3)15-11-6-9(12)4-5-10(11)13-14-15/h7-9H,4-6,12H2,1-3H3. The molecule has 0 bridgehead atoms. The first-order valence-electron chi connectivity index (χ1n) is 5.78. The molecular formula is C11H20N4. The second-order valence-corrected chi connectivity index (χ2v) is 4.91. The third-order valence-corrected chi connectivity index (χ3v) is 3.43. The predicted molar refractivity (Wildman–Crippen MR) is 59.6 cm³/mol. The molecule has 0 saturated heterocycles. The highest BCUT2D eigenvalue weighted by molar-refractivity contribution is 5.16. The summed E-state index contributed by atoms with van der Waals surface area (Å²) in [5, 5.41) is 8.52. The van der Waals surface area contributed by atoms with Crippen molar-refractivity contribution < 1.29 is 0 Å². The maximum atomic E-state index is 5.99. The van der Waals surface area contributed by atoms with Gasteiger partial charge in [0.1, 0.15) is 0 Å². The van der Waals surface area contributed by atoms with Crippen molar-refractivity contribution in [3.8, 4) is 0 Å². The molecule has 2 unspecified atom stereocenters. The molecule has 1 aromatic rings. The summed E-state index contributed by atoms with van der Waals surface area (Å²) in [6.45, 7) is 6.61. The van der Waals surface area contributed by atoms with Crippen LogP contribution < -0.4 is 5.73 Å². The third kappa shape index (κ3) is 1.91. The average molecular weight is 208 g/mol. The van der Waals surface area contributed by atoms with E-state index in [9.17, 15) is 0 Å². The third-order valence-electron chi connectivity index (χ3n) is 3.43. The minimum Gasteiger partial charge on any atom is -0.327 e. The molecule has 1 aromatic heterocycles. The molecule has 0 fully saturated rings. The number of hydrogen-bond acceptors (Lipinski definition) is 3. The van der Waals surface area contributed by atoms with Gasteiger partial charge in [0.05, 0.1) is 17.4 Å². The fourth-order valence-electron chi connectivity index (χ4n) is 2.03. The maximum Gasteiger partial charge on any atom is 0.0860 e. The Hall–Kier alpha value is -0.900. The van der Waals surface area contributed by atoms with Crippen molar-refractivity contribution in [2.45, 2.75) is 52.1 Å². The van der Waals surface area contributed by atoms with Crippen LogP contribution in [-0.4, -0.2) is 21.0 Å². The normalized spacial score (nSPS) is 22.9. The van der Waals surface area contributed by atoms with Gasteiger partial charge in [0.2, 0.25) is 0 Å². The van der Waals surface area contributed by atoms with Crippen LogP contribution in [-0.2, 0) is 12.8 Å². The molecule has 0 spiro atoms. The van der Waals surface area contributed by atoms with Gasteiger partial charge in [-0.05, 0) is 25.7 Å². The zero-order valence-electron chi connectivity index (χ0n) is 9.77. The van der Waals surface area contributed by atoms with Gasteiger partial charge in [-0.15, -0.1) is 5.10 Å². The lowest BCUT2D eigenvalue weighted by Crippen LogP contribution is -2.30. The predicted octanol–water partition coefficient (Wildman–Crippen LogP) is 1.31. The van der Waals surface area contributed by atoms with Crippen molar-refractivity contribution in [3.05, 3.63) is 11.4 Å². The highest BCUT2D eigenvalue weighted by atomic mass is 15.4. The largest absolute Gasteiger partial charge is 0.327 e. The van der Waals surface area contributed by atoms with Crippen LogP contribution in [0, 0.1) is 5.92 Å². The zero-order valence-corrected chi connectivity index (χ0v) is 9.77. The Morgan fingerprint density at radius 1 is 1.40 bits per heavy atom. The van der Waals surface area contributed by atoms with Crippen LogP contribution in [0.5, 0.6) is 0 Å². The van der Waals surface area contributed by atoms with Crippen LogP contribution in [0.4, 0.5) is 0 Å². The van der Waals surface area contributed by atoms with Gasteiger partial charge >= 0.3 is 0 Å². The molecular weight excluding hydrogens is 188 g/mol. The number of aryl methyl sites for hydroxylation is 1. The molecule has 2 atom stereocenters. The van der Waals surface area contributed by atoms with Crippen LogP contribution in [0.15, 0.2) is 0 Å². The van der Waals surface area contributed by atoms with Crippen LogP contribution >= 0.6 is 0 Å². The number of aromatic nitrogens is 3. The zero-order chi connectivity index (χ0) is 11.0. The van der Waals surface area contributed by atoms with Crippen molar-refractivity contribution in [2.24, 2.45) is 11.7 Å². The molecule has 84 valence electrons. The van der Waals surface area contributed by atoms with Crippen molar-refractivity contribution in [2.75, 3.05) is 0 Å². The van der Waals surface area contributed by atoms with E-state index in [4.69, 9.17) is 5.73 Å². The first-order valence-corrected chi connectivity index (χ1v) is 5.78. The minimum absolute atomic E-state index is 0.286. The minimum atomic E-state index is 0.286. The molecule has 4 heteroatoms. The summed E-state index contributed by atoms with van der Waals surface area (Å²) in [4.78, 5) is 0. The molecule has 4 nitrogen and oxygen atoms in total. The number of nitrogens with two attached hydrogens (primary N) is 1. The van der Waals surface area contributed by atoms with E-state index in [1.165, 1.54) is 5.69 Å². The van der Waals surface area contributed by atoms with Gasteiger partial charge in [-0.3, -0.25) is 0 Å². The Morgan fingerprint density at radius 2 is 2.13 bits per heavy atom. The van der Waals surface area contributed by atoms with Gasteiger partial charge in [-0.1, -0.05) is 19.1 Å². The molecule has 0 aliphatic heterocycles. The van der Waals surface area contributed by atoms with Gasteiger partial charge in [0.25, 0.3) is 0 Å². The van der Waals surface area contributed by atoms with Crippen LogP contribution in [0.2, 0.25) is 0 Å². The van der Waals surface area contributed by atoms with Crippen molar-refractivity contribution >= 4 is 0 Å². The molecule has 0 radical (unpaired) electrons.